The van der Waals surface area contributed by atoms with E-state index in [1.165, 1.54) is 5.56 Å². The summed E-state index contributed by atoms with van der Waals surface area (Å²) in [7, 11) is 0. The molecule has 0 saturated heterocycles. The lowest BCUT2D eigenvalue weighted by Crippen LogP contribution is -2.34. The molecule has 0 spiro atoms. The molecule has 1 aromatic rings. The summed E-state index contributed by atoms with van der Waals surface area (Å²) in [6, 6.07) is 7.94. The summed E-state index contributed by atoms with van der Waals surface area (Å²) in [5.74, 6) is 0.847. The molecule has 0 aliphatic rings. The maximum absolute atomic E-state index is 11.5. The van der Waals surface area contributed by atoms with Crippen molar-refractivity contribution in [1.29, 1.82) is 0 Å². The third-order valence-corrected chi connectivity index (χ3v) is 2.77. The summed E-state index contributed by atoms with van der Waals surface area (Å²) >= 11 is 0. The van der Waals surface area contributed by atoms with E-state index >= 15 is 0 Å². The maximum atomic E-state index is 11.5. The van der Waals surface area contributed by atoms with Crippen molar-refractivity contribution >= 4 is 5.91 Å². The van der Waals surface area contributed by atoms with Crippen LogP contribution in [-0.4, -0.2) is 24.6 Å². The number of rotatable bonds is 7. The molecule has 0 aromatic heterocycles. The highest BCUT2D eigenvalue weighted by Crippen LogP contribution is 2.12. The maximum Gasteiger partial charge on any atom is 0.220 e. The van der Waals surface area contributed by atoms with Gasteiger partial charge in [-0.2, -0.15) is 0 Å². The van der Waals surface area contributed by atoms with Crippen molar-refractivity contribution in [3.05, 3.63) is 29.8 Å². The largest absolute Gasteiger partial charge is 0.489 e. The van der Waals surface area contributed by atoms with Crippen molar-refractivity contribution < 1.29 is 9.53 Å². The van der Waals surface area contributed by atoms with Crippen LogP contribution >= 0.6 is 0 Å². The number of ether oxygens (including phenoxy) is 1. The van der Waals surface area contributed by atoms with Gasteiger partial charge in [0.25, 0.3) is 0 Å². The summed E-state index contributed by atoms with van der Waals surface area (Å²) in [4.78, 5) is 11.5. The van der Waals surface area contributed by atoms with E-state index in [0.717, 1.165) is 5.75 Å². The molecule has 1 aromatic carbocycles. The molecule has 4 nitrogen and oxygen atoms in total. The Balaban J connectivity index is 2.25. The molecule has 0 heterocycles. The van der Waals surface area contributed by atoms with Crippen LogP contribution in [0.2, 0.25) is 0 Å². The SMILES string of the molecule is Cc1ccc(OC(C)CNC(=O)CCC(C)N)cc1. The molecule has 4 heteroatoms. The van der Waals surface area contributed by atoms with E-state index in [2.05, 4.69) is 5.32 Å². The highest BCUT2D eigenvalue weighted by Gasteiger charge is 2.07. The van der Waals surface area contributed by atoms with E-state index in [-0.39, 0.29) is 18.1 Å². The minimum absolute atomic E-state index is 0.0247. The Labute approximate surface area is 115 Å². The fourth-order valence-corrected chi connectivity index (χ4v) is 1.60. The fraction of sp³-hybridized carbons (Fsp3) is 0.533. The highest BCUT2D eigenvalue weighted by molar-refractivity contribution is 5.75. The van der Waals surface area contributed by atoms with Crippen molar-refractivity contribution in [3.63, 3.8) is 0 Å². The molecule has 19 heavy (non-hydrogen) atoms. The number of carbonyl (C=O) groups is 1. The molecule has 1 amide bonds. The first-order valence-corrected chi connectivity index (χ1v) is 6.73. The van der Waals surface area contributed by atoms with E-state index in [1.54, 1.807) is 0 Å². The lowest BCUT2D eigenvalue weighted by atomic mass is 10.2. The molecule has 0 aliphatic heterocycles. The molecule has 1 rings (SSSR count). The van der Waals surface area contributed by atoms with Gasteiger partial charge < -0.3 is 15.8 Å². The number of nitrogens with two attached hydrogens (primary N) is 1. The first-order chi connectivity index (χ1) is 8.97. The first kappa shape index (κ1) is 15.5. The number of nitrogens with one attached hydrogen (secondary N) is 1. The van der Waals surface area contributed by atoms with Crippen LogP contribution in [0, 0.1) is 6.92 Å². The number of carbonyl (C=O) groups excluding carboxylic acids is 1. The van der Waals surface area contributed by atoms with Crippen LogP contribution in [0.4, 0.5) is 0 Å². The monoisotopic (exact) mass is 264 g/mol. The smallest absolute Gasteiger partial charge is 0.220 e. The third kappa shape index (κ3) is 6.82. The van der Waals surface area contributed by atoms with Crippen molar-refractivity contribution in [1.82, 2.24) is 5.32 Å². The Morgan fingerprint density at radius 2 is 1.95 bits per heavy atom. The first-order valence-electron chi connectivity index (χ1n) is 6.73. The van der Waals surface area contributed by atoms with Gasteiger partial charge in [0.1, 0.15) is 11.9 Å². The van der Waals surface area contributed by atoms with Crippen LogP contribution in [-0.2, 0) is 4.79 Å². The lowest BCUT2D eigenvalue weighted by molar-refractivity contribution is -0.121. The minimum Gasteiger partial charge on any atom is -0.489 e. The van der Waals surface area contributed by atoms with Crippen LogP contribution in [0.15, 0.2) is 24.3 Å². The van der Waals surface area contributed by atoms with Gasteiger partial charge in [-0.1, -0.05) is 17.7 Å². The standard InChI is InChI=1S/C15H24N2O2/c1-11-4-7-14(8-5-11)19-13(3)10-17-15(18)9-6-12(2)16/h4-5,7-8,12-13H,6,9-10,16H2,1-3H3,(H,17,18). The van der Waals surface area contributed by atoms with Gasteiger partial charge >= 0.3 is 0 Å². The van der Waals surface area contributed by atoms with Crippen molar-refractivity contribution in [2.45, 2.75) is 45.8 Å². The van der Waals surface area contributed by atoms with Gasteiger partial charge in [0.2, 0.25) is 5.91 Å². The highest BCUT2D eigenvalue weighted by atomic mass is 16.5. The number of hydrogen-bond donors (Lipinski definition) is 2. The Morgan fingerprint density at radius 1 is 1.32 bits per heavy atom. The summed E-state index contributed by atoms with van der Waals surface area (Å²) < 4.78 is 5.71. The molecule has 3 N–H and O–H groups in total. The molecule has 0 saturated carbocycles. The van der Waals surface area contributed by atoms with E-state index in [9.17, 15) is 4.79 Å². The predicted octanol–water partition coefficient (Wildman–Crippen LogP) is 2.01. The van der Waals surface area contributed by atoms with E-state index in [1.807, 2.05) is 45.0 Å². The molecule has 0 fully saturated rings. The summed E-state index contributed by atoms with van der Waals surface area (Å²) in [5.41, 5.74) is 6.80. The molecule has 2 atom stereocenters. The minimum atomic E-state index is -0.0537. The molecule has 0 aliphatic carbocycles. The average molecular weight is 264 g/mol. The quantitative estimate of drug-likeness (QED) is 0.791. The summed E-state index contributed by atoms with van der Waals surface area (Å²) in [5, 5.41) is 2.85. The van der Waals surface area contributed by atoms with Crippen molar-refractivity contribution in [3.8, 4) is 5.75 Å². The van der Waals surface area contributed by atoms with Gasteiger partial charge in [-0.05, 0) is 39.3 Å². The molecule has 106 valence electrons. The second-order valence-corrected chi connectivity index (χ2v) is 5.06. The molecule has 2 unspecified atom stereocenters. The van der Waals surface area contributed by atoms with Crippen LogP contribution in [0.5, 0.6) is 5.75 Å². The van der Waals surface area contributed by atoms with Crippen LogP contribution < -0.4 is 15.8 Å². The van der Waals surface area contributed by atoms with Gasteiger partial charge in [0.15, 0.2) is 0 Å². The number of aryl methyl sites for hydroxylation is 1. The van der Waals surface area contributed by atoms with Crippen LogP contribution in [0.1, 0.15) is 32.3 Å². The molecule has 0 radical (unpaired) electrons. The molecular formula is C15H24N2O2. The van der Waals surface area contributed by atoms with Gasteiger partial charge in [-0.3, -0.25) is 4.79 Å². The summed E-state index contributed by atoms with van der Waals surface area (Å²) in [6.07, 6.45) is 1.12. The predicted molar refractivity (Wildman–Crippen MR) is 77.2 cm³/mol. The van der Waals surface area contributed by atoms with Crippen LogP contribution in [0.25, 0.3) is 0 Å². The average Bonchev–Trinajstić information content (AvgIpc) is 2.36. The normalized spacial score (nSPS) is 13.7. The fourth-order valence-electron chi connectivity index (χ4n) is 1.60. The third-order valence-electron chi connectivity index (χ3n) is 2.77. The van der Waals surface area contributed by atoms with E-state index < -0.39 is 0 Å². The van der Waals surface area contributed by atoms with E-state index in [0.29, 0.717) is 19.4 Å². The van der Waals surface area contributed by atoms with E-state index in [4.69, 9.17) is 10.5 Å². The second-order valence-electron chi connectivity index (χ2n) is 5.06. The number of amides is 1. The number of hydrogen-bond acceptors (Lipinski definition) is 3. The zero-order valence-corrected chi connectivity index (χ0v) is 12.0. The lowest BCUT2D eigenvalue weighted by Gasteiger charge is -2.15. The van der Waals surface area contributed by atoms with Crippen molar-refractivity contribution in [2.75, 3.05) is 6.54 Å². The summed E-state index contributed by atoms with van der Waals surface area (Å²) in [6.45, 7) is 6.37. The van der Waals surface area contributed by atoms with Gasteiger partial charge in [-0.25, -0.2) is 0 Å². The van der Waals surface area contributed by atoms with Crippen molar-refractivity contribution in [2.24, 2.45) is 5.73 Å². The second kappa shape index (κ2) is 7.79. The number of benzene rings is 1. The Morgan fingerprint density at radius 3 is 2.53 bits per heavy atom. The van der Waals surface area contributed by atoms with Gasteiger partial charge in [-0.15, -0.1) is 0 Å². The van der Waals surface area contributed by atoms with Crippen LogP contribution in [0.3, 0.4) is 0 Å². The Bertz CT molecular complexity index is 388. The van der Waals surface area contributed by atoms with Gasteiger partial charge in [0.05, 0.1) is 6.54 Å². The Kier molecular flexibility index (Phi) is 6.36. The molecular weight excluding hydrogens is 240 g/mol. The zero-order chi connectivity index (χ0) is 14.3. The molecule has 0 bridgehead atoms. The Hall–Kier alpha value is -1.55. The zero-order valence-electron chi connectivity index (χ0n) is 12.0. The van der Waals surface area contributed by atoms with Gasteiger partial charge in [0, 0.05) is 12.5 Å². The topological polar surface area (TPSA) is 64.3 Å².